The maximum absolute atomic E-state index is 13.4. The van der Waals surface area contributed by atoms with Gasteiger partial charge >= 0.3 is 12.2 Å². The molecule has 0 spiro atoms. The van der Waals surface area contributed by atoms with Gasteiger partial charge in [-0.1, -0.05) is 43.5 Å². The molecule has 1 aromatic heterocycles. The first-order valence-electron chi connectivity index (χ1n) is 13.3. The number of nitrogens with one attached hydrogen (secondary N) is 2. The number of aromatic nitrogens is 2. The highest BCUT2D eigenvalue weighted by Gasteiger charge is 2.42. The van der Waals surface area contributed by atoms with E-state index in [4.69, 9.17) is 9.47 Å². The molecule has 2 amide bonds. The Morgan fingerprint density at radius 3 is 2.18 bits per heavy atom. The Morgan fingerprint density at radius 1 is 1.00 bits per heavy atom. The van der Waals surface area contributed by atoms with E-state index in [-0.39, 0.29) is 5.91 Å². The van der Waals surface area contributed by atoms with Crippen LogP contribution in [0.15, 0.2) is 36.7 Å². The molecule has 2 N–H and O–H groups in total. The van der Waals surface area contributed by atoms with Crippen molar-refractivity contribution in [2.45, 2.75) is 103 Å². The highest BCUT2D eigenvalue weighted by molar-refractivity contribution is 5.90. The van der Waals surface area contributed by atoms with Crippen molar-refractivity contribution in [3.63, 3.8) is 0 Å². The summed E-state index contributed by atoms with van der Waals surface area (Å²) in [5.41, 5.74) is 0.0155. The van der Waals surface area contributed by atoms with Gasteiger partial charge in [0.25, 0.3) is 0 Å². The average Bonchev–Trinajstić information content (AvgIpc) is 3.33. The van der Waals surface area contributed by atoms with Crippen molar-refractivity contribution in [3.05, 3.63) is 42.2 Å². The summed E-state index contributed by atoms with van der Waals surface area (Å²) < 4.78 is 11.9. The fourth-order valence-corrected chi connectivity index (χ4v) is 4.44. The highest BCUT2D eigenvalue weighted by atomic mass is 16.6. The molecule has 2 aromatic rings. The monoisotopic (exact) mass is 537 g/mol. The second-order valence-electron chi connectivity index (χ2n) is 12.0. The van der Waals surface area contributed by atoms with E-state index in [1.165, 1.54) is 0 Å². The van der Waals surface area contributed by atoms with E-state index in [0.29, 0.717) is 19.3 Å². The summed E-state index contributed by atoms with van der Waals surface area (Å²) in [6.45, 7) is 10.7. The van der Waals surface area contributed by atoms with E-state index in [1.807, 2.05) is 24.3 Å². The third kappa shape index (κ3) is 8.57. The van der Waals surface area contributed by atoms with Crippen LogP contribution in [0.3, 0.4) is 0 Å². The van der Waals surface area contributed by atoms with Crippen molar-refractivity contribution < 1.29 is 23.9 Å². The fraction of sp³-hybridized carbons (Fsp3) is 0.552. The average molecular weight is 538 g/mol. The zero-order valence-corrected chi connectivity index (χ0v) is 23.7. The first-order valence-corrected chi connectivity index (χ1v) is 13.3. The highest BCUT2D eigenvalue weighted by Crippen LogP contribution is 2.29. The van der Waals surface area contributed by atoms with Gasteiger partial charge in [0.15, 0.2) is 0 Å². The second-order valence-corrected chi connectivity index (χ2v) is 12.0. The molecule has 1 aliphatic rings. The lowest BCUT2D eigenvalue weighted by Crippen LogP contribution is -2.61. The van der Waals surface area contributed by atoms with Gasteiger partial charge in [-0.2, -0.15) is 15.0 Å². The lowest BCUT2D eigenvalue weighted by Gasteiger charge is -2.37. The van der Waals surface area contributed by atoms with Crippen LogP contribution < -0.4 is 10.6 Å². The first kappa shape index (κ1) is 29.7. The first-order chi connectivity index (χ1) is 18.2. The number of benzene rings is 1. The van der Waals surface area contributed by atoms with Crippen molar-refractivity contribution in [1.29, 1.82) is 5.26 Å². The van der Waals surface area contributed by atoms with Crippen molar-refractivity contribution >= 4 is 18.1 Å². The minimum Gasteiger partial charge on any atom is -0.444 e. The molecule has 1 unspecified atom stereocenters. The Balaban J connectivity index is 1.66. The molecular weight excluding hydrogens is 498 g/mol. The van der Waals surface area contributed by atoms with Crippen molar-refractivity contribution in [2.75, 3.05) is 0 Å². The Hall–Kier alpha value is -3.87. The van der Waals surface area contributed by atoms with Gasteiger partial charge in [0.05, 0.1) is 12.3 Å². The van der Waals surface area contributed by atoms with Gasteiger partial charge in [0.1, 0.15) is 22.8 Å². The Bertz CT molecular complexity index is 1210. The third-order valence-corrected chi connectivity index (χ3v) is 6.23. The summed E-state index contributed by atoms with van der Waals surface area (Å²) in [7, 11) is 0. The Kier molecular flexibility index (Phi) is 9.05. The van der Waals surface area contributed by atoms with Crippen molar-refractivity contribution in [1.82, 2.24) is 20.4 Å². The third-order valence-electron chi connectivity index (χ3n) is 6.23. The zero-order chi connectivity index (χ0) is 28.8. The number of hydrogen-bond acceptors (Lipinski definition) is 7. The minimum atomic E-state index is -1.10. The molecule has 210 valence electrons. The van der Waals surface area contributed by atoms with Gasteiger partial charge in [0.2, 0.25) is 5.91 Å². The molecule has 1 heterocycles. The molecule has 39 heavy (non-hydrogen) atoms. The van der Waals surface area contributed by atoms with E-state index < -0.39 is 35.0 Å². The fourth-order valence-electron chi connectivity index (χ4n) is 4.44. The predicted octanol–water partition coefficient (Wildman–Crippen LogP) is 5.11. The summed E-state index contributed by atoms with van der Waals surface area (Å²) >= 11 is 0. The van der Waals surface area contributed by atoms with Gasteiger partial charge in [-0.05, 0) is 65.5 Å². The summed E-state index contributed by atoms with van der Waals surface area (Å²) in [6, 6.07) is 8.86. The molecule has 0 bridgehead atoms. The topological polar surface area (TPSA) is 135 Å². The minimum absolute atomic E-state index is 0.294. The van der Waals surface area contributed by atoms with Crippen LogP contribution >= 0.6 is 0 Å². The van der Waals surface area contributed by atoms with Crippen LogP contribution in [0.25, 0.3) is 11.1 Å². The van der Waals surface area contributed by atoms with Gasteiger partial charge < -0.3 is 20.1 Å². The number of alkyl carbamates (subject to hydrolysis) is 1. The van der Waals surface area contributed by atoms with Crippen molar-refractivity contribution in [3.8, 4) is 17.2 Å². The van der Waals surface area contributed by atoms with Crippen LogP contribution in [0.1, 0.15) is 79.2 Å². The van der Waals surface area contributed by atoms with E-state index in [2.05, 4.69) is 21.8 Å². The number of rotatable bonds is 6. The second kappa shape index (κ2) is 11.9. The molecule has 1 aliphatic carbocycles. The van der Waals surface area contributed by atoms with E-state index in [1.54, 1.807) is 53.9 Å². The largest absolute Gasteiger partial charge is 0.444 e. The standard InChI is InChI=1S/C29H39N5O5/c1-27(2,3)38-25(36)33-29(14-8-7-9-15-29)24(35)32-23(17-30)16-20-10-12-21(13-11-20)22-18-31-34(19-22)26(37)39-28(4,5)6/h10-13,18-19,23H,7-9,14-16H2,1-6H3,(H,32,35)(H,33,36). The number of ether oxygens (including phenoxy) is 2. The number of carbonyl (C=O) groups excluding carboxylic acids is 3. The molecule has 3 rings (SSSR count). The molecule has 10 heteroatoms. The van der Waals surface area contributed by atoms with Gasteiger partial charge in [-0.25, -0.2) is 9.59 Å². The molecule has 1 saturated carbocycles. The summed E-state index contributed by atoms with van der Waals surface area (Å²) in [5.74, 6) is -0.370. The van der Waals surface area contributed by atoms with Gasteiger partial charge in [0, 0.05) is 18.2 Å². The van der Waals surface area contributed by atoms with Crippen LogP contribution in [0, 0.1) is 11.3 Å². The molecule has 10 nitrogen and oxygen atoms in total. The van der Waals surface area contributed by atoms with Crippen LogP contribution in [0.2, 0.25) is 0 Å². The SMILES string of the molecule is CC(C)(C)OC(=O)NC1(C(=O)NC(C#N)Cc2ccc(-c3cnn(C(=O)OC(C)(C)C)c3)cc2)CCCCC1. The smallest absolute Gasteiger partial charge is 0.435 e. The molecule has 0 aliphatic heterocycles. The van der Waals surface area contributed by atoms with Crippen LogP contribution in [0.4, 0.5) is 9.59 Å². The van der Waals surface area contributed by atoms with Crippen molar-refractivity contribution in [2.24, 2.45) is 0 Å². The lowest BCUT2D eigenvalue weighted by molar-refractivity contribution is -0.129. The number of nitriles is 1. The van der Waals surface area contributed by atoms with E-state index in [9.17, 15) is 19.6 Å². The normalized spacial score (nSPS) is 15.9. The van der Waals surface area contributed by atoms with Crippen LogP contribution in [-0.4, -0.2) is 50.7 Å². The maximum atomic E-state index is 13.4. The lowest BCUT2D eigenvalue weighted by atomic mass is 9.80. The molecule has 1 aromatic carbocycles. The quantitative estimate of drug-likeness (QED) is 0.522. The summed E-state index contributed by atoms with van der Waals surface area (Å²) in [4.78, 5) is 38.1. The maximum Gasteiger partial charge on any atom is 0.435 e. The molecule has 1 atom stereocenters. The number of hydrogen-bond donors (Lipinski definition) is 2. The zero-order valence-electron chi connectivity index (χ0n) is 23.7. The predicted molar refractivity (Wildman–Crippen MR) is 146 cm³/mol. The molecule has 0 radical (unpaired) electrons. The Labute approximate surface area is 230 Å². The molecule has 1 fully saturated rings. The van der Waals surface area contributed by atoms with Crippen LogP contribution in [0.5, 0.6) is 0 Å². The molecular formula is C29H39N5O5. The number of carbonyl (C=O) groups is 3. The Morgan fingerprint density at radius 2 is 1.62 bits per heavy atom. The van der Waals surface area contributed by atoms with E-state index >= 15 is 0 Å². The van der Waals surface area contributed by atoms with Gasteiger partial charge in [-0.3, -0.25) is 4.79 Å². The van der Waals surface area contributed by atoms with E-state index in [0.717, 1.165) is 40.6 Å². The van der Waals surface area contributed by atoms with Gasteiger partial charge in [-0.15, -0.1) is 0 Å². The van der Waals surface area contributed by atoms with Crippen LogP contribution in [-0.2, 0) is 20.7 Å². The number of nitrogens with zero attached hydrogens (tertiary/aromatic N) is 3. The molecule has 0 saturated heterocycles. The summed E-state index contributed by atoms with van der Waals surface area (Å²) in [5, 5.41) is 19.5. The summed E-state index contributed by atoms with van der Waals surface area (Å²) in [6.07, 6.45) is 5.83. The number of amides is 2.